The number of imidazole rings is 1. The van der Waals surface area contributed by atoms with Crippen LogP contribution in [-0.4, -0.2) is 14.4 Å². The van der Waals surface area contributed by atoms with E-state index in [-0.39, 0.29) is 0 Å². The lowest BCUT2D eigenvalue weighted by Gasteiger charge is -2.09. The van der Waals surface area contributed by atoms with Gasteiger partial charge < -0.3 is 5.73 Å². The molecule has 0 radical (unpaired) electrons. The predicted octanol–water partition coefficient (Wildman–Crippen LogP) is 4.21. The molecule has 0 amide bonds. The van der Waals surface area contributed by atoms with Crippen molar-refractivity contribution in [2.75, 3.05) is 5.73 Å². The van der Waals surface area contributed by atoms with Crippen molar-refractivity contribution < 1.29 is 0 Å². The van der Waals surface area contributed by atoms with Gasteiger partial charge in [-0.3, -0.25) is 9.38 Å². The minimum absolute atomic E-state index is 0.831. The average Bonchev–Trinajstić information content (AvgIpc) is 3.02. The Morgan fingerprint density at radius 2 is 1.88 bits per heavy atom. The van der Waals surface area contributed by atoms with E-state index in [0.717, 1.165) is 45.8 Å². The third-order valence-corrected chi connectivity index (χ3v) is 4.27. The number of benzene rings is 2. The summed E-state index contributed by atoms with van der Waals surface area (Å²) in [5.74, 6) is 0. The van der Waals surface area contributed by atoms with Crippen molar-refractivity contribution in [3.63, 3.8) is 0 Å². The average molecular weight is 314 g/mol. The highest BCUT2D eigenvalue weighted by atomic mass is 15.0. The summed E-state index contributed by atoms with van der Waals surface area (Å²) in [6.45, 7) is 2.12. The van der Waals surface area contributed by atoms with Gasteiger partial charge in [0.05, 0.1) is 17.6 Å². The molecule has 0 saturated carbocycles. The normalized spacial score (nSPS) is 11.0. The number of aromatic nitrogens is 3. The van der Waals surface area contributed by atoms with Crippen LogP contribution in [0.3, 0.4) is 0 Å². The van der Waals surface area contributed by atoms with Crippen molar-refractivity contribution >= 4 is 11.3 Å². The second kappa shape index (κ2) is 5.81. The van der Waals surface area contributed by atoms with Gasteiger partial charge in [-0.15, -0.1) is 0 Å². The van der Waals surface area contributed by atoms with E-state index >= 15 is 0 Å². The number of nitrogens with two attached hydrogens (primary N) is 1. The number of rotatable bonds is 3. The molecule has 2 aromatic heterocycles. The van der Waals surface area contributed by atoms with Gasteiger partial charge >= 0.3 is 0 Å². The zero-order chi connectivity index (χ0) is 16.5. The van der Waals surface area contributed by atoms with Crippen LogP contribution in [-0.2, 0) is 6.42 Å². The molecule has 0 aliphatic carbocycles. The van der Waals surface area contributed by atoms with Crippen LogP contribution >= 0.6 is 0 Å². The molecule has 2 N–H and O–H groups in total. The van der Waals surface area contributed by atoms with Crippen molar-refractivity contribution in [1.29, 1.82) is 0 Å². The summed E-state index contributed by atoms with van der Waals surface area (Å²) in [4.78, 5) is 9.01. The maximum atomic E-state index is 6.08. The van der Waals surface area contributed by atoms with Gasteiger partial charge in [-0.25, -0.2) is 4.98 Å². The van der Waals surface area contributed by atoms with Crippen molar-refractivity contribution in [1.82, 2.24) is 14.4 Å². The highest BCUT2D eigenvalue weighted by Gasteiger charge is 2.16. The van der Waals surface area contributed by atoms with Crippen LogP contribution in [0, 0.1) is 0 Å². The number of hydrogen-bond acceptors (Lipinski definition) is 3. The third-order valence-electron chi connectivity index (χ3n) is 4.27. The summed E-state index contributed by atoms with van der Waals surface area (Å²) in [5.41, 5.74) is 13.1. The molecule has 118 valence electrons. The Morgan fingerprint density at radius 1 is 1.04 bits per heavy atom. The molecule has 0 fully saturated rings. The number of anilines is 1. The Balaban J connectivity index is 2.03. The van der Waals surface area contributed by atoms with Crippen LogP contribution in [0.1, 0.15) is 12.5 Å². The van der Waals surface area contributed by atoms with E-state index in [1.165, 1.54) is 0 Å². The smallest absolute Gasteiger partial charge is 0.156 e. The van der Waals surface area contributed by atoms with Crippen molar-refractivity contribution in [3.05, 3.63) is 72.7 Å². The molecule has 4 aromatic rings. The van der Waals surface area contributed by atoms with Gasteiger partial charge in [0.15, 0.2) is 5.65 Å². The van der Waals surface area contributed by atoms with E-state index in [0.29, 0.717) is 0 Å². The molecular weight excluding hydrogens is 296 g/mol. The maximum absolute atomic E-state index is 6.08. The highest BCUT2D eigenvalue weighted by molar-refractivity contribution is 5.82. The molecule has 0 aliphatic heterocycles. The summed E-state index contributed by atoms with van der Waals surface area (Å²) in [6.07, 6.45) is 6.42. The first-order valence-electron chi connectivity index (χ1n) is 8.04. The molecule has 4 nitrogen and oxygen atoms in total. The summed E-state index contributed by atoms with van der Waals surface area (Å²) in [5, 5.41) is 0. The first-order valence-corrected chi connectivity index (χ1v) is 8.04. The van der Waals surface area contributed by atoms with Crippen molar-refractivity contribution in [2.45, 2.75) is 13.3 Å². The van der Waals surface area contributed by atoms with Gasteiger partial charge in [-0.1, -0.05) is 43.3 Å². The van der Waals surface area contributed by atoms with Crippen molar-refractivity contribution in [2.24, 2.45) is 0 Å². The molecule has 2 heterocycles. The molecular formula is C20H18N4. The molecule has 0 bridgehead atoms. The molecule has 0 unspecified atom stereocenters. The Morgan fingerprint density at radius 3 is 2.67 bits per heavy atom. The summed E-state index contributed by atoms with van der Waals surface area (Å²) in [7, 11) is 0. The second-order valence-corrected chi connectivity index (χ2v) is 5.75. The molecule has 0 atom stereocenters. The Kier molecular flexibility index (Phi) is 3.50. The van der Waals surface area contributed by atoms with E-state index in [2.05, 4.69) is 40.6 Å². The standard InChI is InChI=1S/C20H18N4/c1-2-14-12-16(8-9-17(14)21)20-19(15-6-4-3-5-7-15)23-18-13-22-10-11-24(18)20/h3-13H,2,21H2,1H3. The number of hydrogen-bond donors (Lipinski definition) is 1. The lowest BCUT2D eigenvalue weighted by Crippen LogP contribution is -1.95. The van der Waals surface area contributed by atoms with E-state index in [4.69, 9.17) is 10.7 Å². The number of aryl methyl sites for hydroxylation is 1. The Bertz CT molecular complexity index is 1000. The lowest BCUT2D eigenvalue weighted by molar-refractivity contribution is 1.12. The van der Waals surface area contributed by atoms with E-state index in [1.54, 1.807) is 12.4 Å². The zero-order valence-electron chi connectivity index (χ0n) is 13.5. The first kappa shape index (κ1) is 14.5. The van der Waals surface area contributed by atoms with Gasteiger partial charge in [0.25, 0.3) is 0 Å². The SMILES string of the molecule is CCc1cc(-c2c(-c3ccccc3)nc3cnccn23)ccc1N. The molecule has 2 aromatic carbocycles. The topological polar surface area (TPSA) is 56.2 Å². The second-order valence-electron chi connectivity index (χ2n) is 5.75. The van der Waals surface area contributed by atoms with Crippen LogP contribution in [0.2, 0.25) is 0 Å². The molecule has 24 heavy (non-hydrogen) atoms. The summed E-state index contributed by atoms with van der Waals surface area (Å²) < 4.78 is 2.08. The predicted molar refractivity (Wildman–Crippen MR) is 97.6 cm³/mol. The fourth-order valence-corrected chi connectivity index (χ4v) is 3.04. The number of fused-ring (bicyclic) bond motifs is 1. The van der Waals surface area contributed by atoms with Gasteiger partial charge in [0.2, 0.25) is 0 Å². The number of nitrogen functional groups attached to an aromatic ring is 1. The largest absolute Gasteiger partial charge is 0.399 e. The Labute approximate surface area is 140 Å². The van der Waals surface area contributed by atoms with E-state index in [9.17, 15) is 0 Å². The van der Waals surface area contributed by atoms with Crippen LogP contribution in [0.25, 0.3) is 28.2 Å². The highest BCUT2D eigenvalue weighted by Crippen LogP contribution is 2.33. The summed E-state index contributed by atoms with van der Waals surface area (Å²) in [6, 6.07) is 16.4. The van der Waals surface area contributed by atoms with Crippen LogP contribution < -0.4 is 5.73 Å². The summed E-state index contributed by atoms with van der Waals surface area (Å²) >= 11 is 0. The van der Waals surface area contributed by atoms with Crippen LogP contribution in [0.15, 0.2) is 67.1 Å². The monoisotopic (exact) mass is 314 g/mol. The van der Waals surface area contributed by atoms with Crippen LogP contribution in [0.4, 0.5) is 5.69 Å². The molecule has 0 saturated heterocycles. The van der Waals surface area contributed by atoms with Gasteiger partial charge in [-0.2, -0.15) is 0 Å². The van der Waals surface area contributed by atoms with Gasteiger partial charge in [0, 0.05) is 29.2 Å². The molecule has 0 aliphatic rings. The quantitative estimate of drug-likeness (QED) is 0.576. The molecule has 4 rings (SSSR count). The van der Waals surface area contributed by atoms with Crippen molar-refractivity contribution in [3.8, 4) is 22.5 Å². The fraction of sp³-hybridized carbons (Fsp3) is 0.100. The fourth-order valence-electron chi connectivity index (χ4n) is 3.04. The first-order chi connectivity index (χ1) is 11.8. The maximum Gasteiger partial charge on any atom is 0.156 e. The van der Waals surface area contributed by atoms with Gasteiger partial charge in [-0.05, 0) is 24.1 Å². The lowest BCUT2D eigenvalue weighted by atomic mass is 10.0. The minimum Gasteiger partial charge on any atom is -0.399 e. The van der Waals surface area contributed by atoms with Gasteiger partial charge in [0.1, 0.15) is 0 Å². The Hall–Kier alpha value is -3.14. The van der Waals surface area contributed by atoms with E-state index < -0.39 is 0 Å². The zero-order valence-corrected chi connectivity index (χ0v) is 13.5. The third kappa shape index (κ3) is 2.33. The molecule has 0 spiro atoms. The molecule has 4 heteroatoms. The van der Waals surface area contributed by atoms with E-state index in [1.807, 2.05) is 30.5 Å². The number of nitrogens with zero attached hydrogens (tertiary/aromatic N) is 3. The minimum atomic E-state index is 0.831. The van der Waals surface area contributed by atoms with Crippen LogP contribution in [0.5, 0.6) is 0 Å².